The van der Waals surface area contributed by atoms with Gasteiger partial charge in [-0.05, 0) is 0 Å². The van der Waals surface area contributed by atoms with Gasteiger partial charge in [0.15, 0.2) is 11.5 Å². The highest BCUT2D eigenvalue weighted by atomic mass is 16.6. The third-order valence-corrected chi connectivity index (χ3v) is 3.13. The van der Waals surface area contributed by atoms with Crippen LogP contribution in [-0.2, 0) is 13.0 Å². The average molecular weight is 248 g/mol. The Labute approximate surface area is 105 Å². The molecule has 1 aliphatic heterocycles. The summed E-state index contributed by atoms with van der Waals surface area (Å²) in [5, 5.41) is 9.15. The van der Waals surface area contributed by atoms with Crippen molar-refractivity contribution in [2.45, 2.75) is 19.9 Å². The third kappa shape index (κ3) is 1.71. The standard InChI is InChI=1S/C13H16N2O3/c1-2-13-14-9-7-11-12(18-6-5-17-11)8-10(9)15(13)3-4-16/h7-8,16H,2-6H2,1H3. The van der Waals surface area contributed by atoms with Gasteiger partial charge in [-0.25, -0.2) is 4.98 Å². The molecule has 0 unspecified atom stereocenters. The number of hydrogen-bond donors (Lipinski definition) is 1. The van der Waals surface area contributed by atoms with E-state index in [9.17, 15) is 0 Å². The normalized spacial score (nSPS) is 14.1. The van der Waals surface area contributed by atoms with Crippen LogP contribution in [0.25, 0.3) is 11.0 Å². The van der Waals surface area contributed by atoms with E-state index < -0.39 is 0 Å². The summed E-state index contributed by atoms with van der Waals surface area (Å²) in [6.07, 6.45) is 0.834. The van der Waals surface area contributed by atoms with Crippen LogP contribution < -0.4 is 9.47 Å². The second-order valence-corrected chi connectivity index (χ2v) is 4.24. The van der Waals surface area contributed by atoms with Gasteiger partial charge in [0.25, 0.3) is 0 Å². The summed E-state index contributed by atoms with van der Waals surface area (Å²) < 4.78 is 13.2. The fraction of sp³-hybridized carbons (Fsp3) is 0.462. The molecule has 2 aromatic rings. The van der Waals surface area contributed by atoms with Gasteiger partial charge in [0, 0.05) is 25.1 Å². The van der Waals surface area contributed by atoms with Crippen molar-refractivity contribution >= 4 is 11.0 Å². The predicted molar refractivity (Wildman–Crippen MR) is 67.2 cm³/mol. The number of hydrogen-bond acceptors (Lipinski definition) is 4. The Morgan fingerprint density at radius 2 is 2.00 bits per heavy atom. The smallest absolute Gasteiger partial charge is 0.163 e. The summed E-state index contributed by atoms with van der Waals surface area (Å²) in [5.41, 5.74) is 1.88. The topological polar surface area (TPSA) is 56.5 Å². The van der Waals surface area contributed by atoms with E-state index in [1.165, 1.54) is 0 Å². The molecule has 0 amide bonds. The third-order valence-electron chi connectivity index (χ3n) is 3.13. The number of aromatic nitrogens is 2. The first-order valence-corrected chi connectivity index (χ1v) is 6.23. The molecule has 0 spiro atoms. The Hall–Kier alpha value is -1.75. The van der Waals surface area contributed by atoms with Gasteiger partial charge < -0.3 is 19.1 Å². The highest BCUT2D eigenvalue weighted by Gasteiger charge is 2.17. The minimum atomic E-state index is 0.104. The first-order chi connectivity index (χ1) is 8.83. The highest BCUT2D eigenvalue weighted by Crippen LogP contribution is 2.34. The molecule has 1 aromatic heterocycles. The Kier molecular flexibility index (Phi) is 2.83. The number of fused-ring (bicyclic) bond motifs is 2. The summed E-state index contributed by atoms with van der Waals surface area (Å²) in [5.74, 6) is 2.49. The van der Waals surface area contributed by atoms with Crippen LogP contribution in [0, 0.1) is 0 Å². The van der Waals surface area contributed by atoms with Gasteiger partial charge in [-0.2, -0.15) is 0 Å². The molecule has 0 bridgehead atoms. The molecule has 5 heteroatoms. The fourth-order valence-electron chi connectivity index (χ4n) is 2.33. The maximum atomic E-state index is 9.15. The predicted octanol–water partition coefficient (Wildman–Crippen LogP) is 1.36. The minimum Gasteiger partial charge on any atom is -0.486 e. The maximum absolute atomic E-state index is 9.15. The number of aryl methyl sites for hydroxylation is 1. The number of imidazole rings is 1. The molecule has 96 valence electrons. The number of aliphatic hydroxyl groups excluding tert-OH is 1. The lowest BCUT2D eigenvalue weighted by atomic mass is 10.2. The van der Waals surface area contributed by atoms with Crippen molar-refractivity contribution in [1.82, 2.24) is 9.55 Å². The SMILES string of the molecule is CCc1nc2cc3c(cc2n1CCO)OCCO3. The zero-order chi connectivity index (χ0) is 12.5. The summed E-state index contributed by atoms with van der Waals surface area (Å²) in [6.45, 7) is 3.87. The molecule has 1 aromatic carbocycles. The second-order valence-electron chi connectivity index (χ2n) is 4.24. The lowest BCUT2D eigenvalue weighted by Crippen LogP contribution is -2.15. The zero-order valence-corrected chi connectivity index (χ0v) is 10.3. The Balaban J connectivity index is 2.19. The Morgan fingerprint density at radius 1 is 1.28 bits per heavy atom. The van der Waals surface area contributed by atoms with Crippen molar-refractivity contribution in [3.63, 3.8) is 0 Å². The number of nitrogens with zero attached hydrogens (tertiary/aromatic N) is 2. The molecule has 2 heterocycles. The van der Waals surface area contributed by atoms with Crippen LogP contribution in [0.4, 0.5) is 0 Å². The van der Waals surface area contributed by atoms with E-state index in [-0.39, 0.29) is 6.61 Å². The molecule has 0 aliphatic carbocycles. The van der Waals surface area contributed by atoms with Crippen LogP contribution in [0.5, 0.6) is 11.5 Å². The van der Waals surface area contributed by atoms with E-state index in [1.807, 2.05) is 16.7 Å². The van der Waals surface area contributed by atoms with Gasteiger partial charge in [-0.1, -0.05) is 6.92 Å². The van der Waals surface area contributed by atoms with Crippen LogP contribution >= 0.6 is 0 Å². The molecule has 0 fully saturated rings. The zero-order valence-electron chi connectivity index (χ0n) is 10.3. The molecular weight excluding hydrogens is 232 g/mol. The van der Waals surface area contributed by atoms with E-state index in [4.69, 9.17) is 14.6 Å². The van der Waals surface area contributed by atoms with Crippen LogP contribution in [-0.4, -0.2) is 34.5 Å². The summed E-state index contributed by atoms with van der Waals surface area (Å²) in [7, 11) is 0. The fourth-order valence-corrected chi connectivity index (χ4v) is 2.33. The monoisotopic (exact) mass is 248 g/mol. The Morgan fingerprint density at radius 3 is 2.67 bits per heavy atom. The largest absolute Gasteiger partial charge is 0.486 e. The van der Waals surface area contributed by atoms with Crippen molar-refractivity contribution in [3.8, 4) is 11.5 Å². The van der Waals surface area contributed by atoms with Crippen molar-refractivity contribution in [2.24, 2.45) is 0 Å². The molecule has 0 saturated heterocycles. The van der Waals surface area contributed by atoms with Gasteiger partial charge in [0.05, 0.1) is 17.6 Å². The highest BCUT2D eigenvalue weighted by molar-refractivity contribution is 5.80. The summed E-state index contributed by atoms with van der Waals surface area (Å²) in [6, 6.07) is 3.86. The van der Waals surface area contributed by atoms with E-state index in [0.29, 0.717) is 19.8 Å². The van der Waals surface area contributed by atoms with Crippen molar-refractivity contribution in [2.75, 3.05) is 19.8 Å². The number of ether oxygens (including phenoxy) is 2. The van der Waals surface area contributed by atoms with Gasteiger partial charge >= 0.3 is 0 Å². The van der Waals surface area contributed by atoms with Gasteiger partial charge in [0.2, 0.25) is 0 Å². The van der Waals surface area contributed by atoms with E-state index in [1.54, 1.807) is 0 Å². The van der Waals surface area contributed by atoms with Crippen LogP contribution in [0.2, 0.25) is 0 Å². The second kappa shape index (κ2) is 4.49. The van der Waals surface area contributed by atoms with Crippen molar-refractivity contribution < 1.29 is 14.6 Å². The van der Waals surface area contributed by atoms with Crippen molar-refractivity contribution in [1.29, 1.82) is 0 Å². The first kappa shape index (κ1) is 11.3. The molecule has 18 heavy (non-hydrogen) atoms. The average Bonchev–Trinajstić information content (AvgIpc) is 2.74. The molecule has 0 atom stereocenters. The maximum Gasteiger partial charge on any atom is 0.163 e. The molecule has 5 nitrogen and oxygen atoms in total. The summed E-state index contributed by atoms with van der Waals surface area (Å²) in [4.78, 5) is 4.57. The molecule has 0 radical (unpaired) electrons. The lowest BCUT2D eigenvalue weighted by molar-refractivity contribution is 0.172. The van der Waals surface area contributed by atoms with E-state index in [0.717, 1.165) is 34.8 Å². The quantitative estimate of drug-likeness (QED) is 0.891. The summed E-state index contributed by atoms with van der Waals surface area (Å²) >= 11 is 0. The minimum absolute atomic E-state index is 0.104. The Bertz CT molecular complexity index is 577. The molecule has 3 rings (SSSR count). The molecule has 1 aliphatic rings. The van der Waals surface area contributed by atoms with Crippen LogP contribution in [0.3, 0.4) is 0 Å². The molecule has 1 N–H and O–H groups in total. The number of benzene rings is 1. The van der Waals surface area contributed by atoms with E-state index in [2.05, 4.69) is 11.9 Å². The van der Waals surface area contributed by atoms with E-state index >= 15 is 0 Å². The molecular formula is C13H16N2O3. The molecule has 0 saturated carbocycles. The number of aliphatic hydroxyl groups is 1. The van der Waals surface area contributed by atoms with Gasteiger partial charge in [0.1, 0.15) is 19.0 Å². The van der Waals surface area contributed by atoms with Crippen LogP contribution in [0.15, 0.2) is 12.1 Å². The van der Waals surface area contributed by atoms with Gasteiger partial charge in [-0.3, -0.25) is 0 Å². The first-order valence-electron chi connectivity index (χ1n) is 6.23. The number of rotatable bonds is 3. The van der Waals surface area contributed by atoms with Crippen LogP contribution in [0.1, 0.15) is 12.7 Å². The van der Waals surface area contributed by atoms with Crippen molar-refractivity contribution in [3.05, 3.63) is 18.0 Å². The lowest BCUT2D eigenvalue weighted by Gasteiger charge is -2.18. The van der Waals surface area contributed by atoms with Gasteiger partial charge in [-0.15, -0.1) is 0 Å².